The van der Waals surface area contributed by atoms with Crippen LogP contribution in [0, 0.1) is 13.8 Å². The lowest BCUT2D eigenvalue weighted by molar-refractivity contribution is -0.134. The van der Waals surface area contributed by atoms with Crippen LogP contribution in [0.1, 0.15) is 42.6 Å². The summed E-state index contributed by atoms with van der Waals surface area (Å²) in [6.45, 7) is 5.52. The zero-order valence-electron chi connectivity index (χ0n) is 13.7. The molecule has 1 aliphatic heterocycles. The Morgan fingerprint density at radius 3 is 2.55 bits per heavy atom. The summed E-state index contributed by atoms with van der Waals surface area (Å²) in [7, 11) is 1.95. The van der Waals surface area contributed by atoms with Crippen LogP contribution in [0.25, 0.3) is 0 Å². The van der Waals surface area contributed by atoms with E-state index >= 15 is 0 Å². The molecule has 2 heterocycles. The predicted molar refractivity (Wildman–Crippen MR) is 93.9 cm³/mol. The van der Waals surface area contributed by atoms with Gasteiger partial charge in [-0.1, -0.05) is 0 Å². The van der Waals surface area contributed by atoms with Gasteiger partial charge in [-0.2, -0.15) is 5.10 Å². The van der Waals surface area contributed by atoms with E-state index in [9.17, 15) is 4.79 Å². The summed E-state index contributed by atoms with van der Waals surface area (Å²) >= 11 is 0. The Kier molecular flexibility index (Phi) is 9.05. The van der Waals surface area contributed by atoms with Gasteiger partial charge in [0.1, 0.15) is 0 Å². The number of aryl methyl sites for hydroxylation is 2. The molecule has 1 atom stereocenters. The van der Waals surface area contributed by atoms with Crippen LogP contribution in [0.2, 0.25) is 0 Å². The van der Waals surface area contributed by atoms with Gasteiger partial charge in [0.2, 0.25) is 5.91 Å². The van der Waals surface area contributed by atoms with Crippen LogP contribution in [0.3, 0.4) is 0 Å². The van der Waals surface area contributed by atoms with E-state index in [1.54, 1.807) is 0 Å². The van der Waals surface area contributed by atoms with Crippen molar-refractivity contribution in [3.63, 3.8) is 0 Å². The number of amides is 1. The van der Waals surface area contributed by atoms with E-state index in [4.69, 9.17) is 5.73 Å². The molecule has 1 fully saturated rings. The lowest BCUT2D eigenvalue weighted by Gasteiger charge is -2.35. The highest BCUT2D eigenvalue weighted by Gasteiger charge is 2.25. The minimum absolute atomic E-state index is 0. The van der Waals surface area contributed by atoms with Crippen LogP contribution in [0.4, 0.5) is 0 Å². The predicted octanol–water partition coefficient (Wildman–Crippen LogP) is 2.15. The maximum Gasteiger partial charge on any atom is 0.223 e. The SMILES string of the molecule is Cc1nn(C)c(C)c1CCC(=O)N1CCCCC1CN.Cl.Cl. The minimum atomic E-state index is 0. The molecule has 5 nitrogen and oxygen atoms in total. The van der Waals surface area contributed by atoms with E-state index < -0.39 is 0 Å². The van der Waals surface area contributed by atoms with Gasteiger partial charge in [0.25, 0.3) is 0 Å². The number of hydrogen-bond acceptors (Lipinski definition) is 3. The molecule has 1 saturated heterocycles. The molecule has 0 saturated carbocycles. The molecule has 1 aromatic rings. The first-order valence-corrected chi connectivity index (χ1v) is 7.53. The van der Waals surface area contributed by atoms with Crippen molar-refractivity contribution < 1.29 is 4.79 Å². The molecule has 0 bridgehead atoms. The molecule has 128 valence electrons. The van der Waals surface area contributed by atoms with E-state index in [1.165, 1.54) is 12.0 Å². The lowest BCUT2D eigenvalue weighted by atomic mass is 10.0. The number of halogens is 2. The highest BCUT2D eigenvalue weighted by Crippen LogP contribution is 2.19. The molecule has 22 heavy (non-hydrogen) atoms. The van der Waals surface area contributed by atoms with Crippen LogP contribution >= 0.6 is 24.8 Å². The molecule has 2 rings (SSSR count). The van der Waals surface area contributed by atoms with Crippen LogP contribution in [0.5, 0.6) is 0 Å². The quantitative estimate of drug-likeness (QED) is 0.904. The fourth-order valence-corrected chi connectivity index (χ4v) is 3.13. The van der Waals surface area contributed by atoms with Gasteiger partial charge in [-0.25, -0.2) is 0 Å². The molecule has 1 unspecified atom stereocenters. The van der Waals surface area contributed by atoms with E-state index in [2.05, 4.69) is 12.0 Å². The van der Waals surface area contributed by atoms with Crippen molar-refractivity contribution >= 4 is 30.7 Å². The van der Waals surface area contributed by atoms with Crippen molar-refractivity contribution in [3.05, 3.63) is 17.0 Å². The second-order valence-electron chi connectivity index (χ2n) is 5.75. The van der Waals surface area contributed by atoms with Gasteiger partial charge in [-0.15, -0.1) is 24.8 Å². The van der Waals surface area contributed by atoms with Crippen LogP contribution in [0.15, 0.2) is 0 Å². The summed E-state index contributed by atoms with van der Waals surface area (Å²) in [5, 5.41) is 4.40. The van der Waals surface area contributed by atoms with Crippen LogP contribution in [-0.2, 0) is 18.3 Å². The summed E-state index contributed by atoms with van der Waals surface area (Å²) in [6, 6.07) is 0.243. The van der Waals surface area contributed by atoms with Crippen LogP contribution < -0.4 is 5.73 Å². The van der Waals surface area contributed by atoms with Gasteiger partial charge in [0, 0.05) is 38.3 Å². The zero-order chi connectivity index (χ0) is 14.7. The fraction of sp³-hybridized carbons (Fsp3) is 0.733. The first-order chi connectivity index (χ1) is 9.54. The number of piperidine rings is 1. The van der Waals surface area contributed by atoms with Gasteiger partial charge in [0.15, 0.2) is 0 Å². The highest BCUT2D eigenvalue weighted by atomic mass is 35.5. The number of hydrogen-bond donors (Lipinski definition) is 1. The van der Waals surface area contributed by atoms with Gasteiger partial charge >= 0.3 is 0 Å². The summed E-state index contributed by atoms with van der Waals surface area (Å²) in [5.74, 6) is 0.239. The monoisotopic (exact) mass is 350 g/mol. The zero-order valence-corrected chi connectivity index (χ0v) is 15.3. The normalized spacial score (nSPS) is 17.6. The standard InChI is InChI=1S/C15H26N4O.2ClH/c1-11-14(12(2)18(3)17-11)7-8-15(20)19-9-5-4-6-13(19)10-16;;/h13H,4-10,16H2,1-3H3;2*1H. The molecule has 1 aromatic heterocycles. The van der Waals surface area contributed by atoms with E-state index in [0.29, 0.717) is 13.0 Å². The smallest absolute Gasteiger partial charge is 0.223 e. The Labute approximate surface area is 145 Å². The average molecular weight is 351 g/mol. The third kappa shape index (κ3) is 4.61. The van der Waals surface area contributed by atoms with Gasteiger partial charge < -0.3 is 10.6 Å². The Balaban J connectivity index is 0.00000220. The number of nitrogens with two attached hydrogens (primary N) is 1. The number of carbonyl (C=O) groups excluding carboxylic acids is 1. The number of carbonyl (C=O) groups is 1. The van der Waals surface area contributed by atoms with Crippen molar-refractivity contribution in [3.8, 4) is 0 Å². The van der Waals surface area contributed by atoms with Crippen molar-refractivity contribution in [2.24, 2.45) is 12.8 Å². The molecule has 0 radical (unpaired) electrons. The largest absolute Gasteiger partial charge is 0.338 e. The van der Waals surface area contributed by atoms with Crippen molar-refractivity contribution in [2.45, 2.75) is 52.0 Å². The van der Waals surface area contributed by atoms with Crippen LogP contribution in [-0.4, -0.2) is 39.7 Å². The maximum atomic E-state index is 12.4. The minimum Gasteiger partial charge on any atom is -0.338 e. The van der Waals surface area contributed by atoms with E-state index in [-0.39, 0.29) is 36.8 Å². The van der Waals surface area contributed by atoms with Gasteiger partial charge in [-0.05, 0) is 45.1 Å². The maximum absolute atomic E-state index is 12.4. The summed E-state index contributed by atoms with van der Waals surface area (Å²) < 4.78 is 1.89. The van der Waals surface area contributed by atoms with E-state index in [0.717, 1.165) is 37.2 Å². The Hall–Kier alpha value is -0.780. The number of nitrogens with zero attached hydrogens (tertiary/aromatic N) is 3. The molecule has 7 heteroatoms. The molecule has 0 aliphatic carbocycles. The first kappa shape index (κ1) is 21.2. The number of likely N-dealkylation sites (tertiary alicyclic amines) is 1. The molecular weight excluding hydrogens is 323 g/mol. The third-order valence-corrected chi connectivity index (χ3v) is 4.47. The molecule has 0 aromatic carbocycles. The molecule has 1 aliphatic rings. The summed E-state index contributed by atoms with van der Waals surface area (Å²) in [6.07, 6.45) is 4.68. The van der Waals surface area contributed by atoms with Crippen molar-refractivity contribution in [2.75, 3.05) is 13.1 Å². The average Bonchev–Trinajstić information content (AvgIpc) is 2.70. The number of rotatable bonds is 4. The fourth-order valence-electron chi connectivity index (χ4n) is 3.13. The van der Waals surface area contributed by atoms with Gasteiger partial charge in [-0.3, -0.25) is 9.48 Å². The third-order valence-electron chi connectivity index (χ3n) is 4.47. The molecule has 1 amide bonds. The Bertz CT molecular complexity index is 490. The second kappa shape index (κ2) is 9.38. The van der Waals surface area contributed by atoms with Gasteiger partial charge in [0.05, 0.1) is 5.69 Å². The Morgan fingerprint density at radius 2 is 2.00 bits per heavy atom. The topological polar surface area (TPSA) is 64.2 Å². The van der Waals surface area contributed by atoms with E-state index in [1.807, 2.05) is 23.6 Å². The second-order valence-corrected chi connectivity index (χ2v) is 5.75. The summed E-state index contributed by atoms with van der Waals surface area (Å²) in [4.78, 5) is 14.4. The molecular formula is C15H28Cl2N4O. The highest BCUT2D eigenvalue weighted by molar-refractivity contribution is 5.85. The molecule has 2 N–H and O–H groups in total. The number of aromatic nitrogens is 2. The lowest BCUT2D eigenvalue weighted by Crippen LogP contribution is -2.47. The first-order valence-electron chi connectivity index (χ1n) is 7.53. The van der Waals surface area contributed by atoms with Crippen molar-refractivity contribution in [1.82, 2.24) is 14.7 Å². The van der Waals surface area contributed by atoms with Crippen molar-refractivity contribution in [1.29, 1.82) is 0 Å². The summed E-state index contributed by atoms with van der Waals surface area (Å²) in [5.41, 5.74) is 9.18. The Morgan fingerprint density at radius 1 is 1.32 bits per heavy atom. The molecule has 0 spiro atoms.